The largest absolute Gasteiger partial charge is 0.492 e. The number of hydrogen-bond acceptors (Lipinski definition) is 8. The number of ether oxygens (including phenoxy) is 2. The SMILES string of the molecule is CCOc1cc(CN(c2ncc(C#N)c(N)n2)C2CCNCC2)cc(OCC)c1-n1cccc1. The molecule has 0 bridgehead atoms. The molecule has 9 heteroatoms. The molecule has 178 valence electrons. The van der Waals surface area contributed by atoms with Gasteiger partial charge in [0.2, 0.25) is 5.95 Å². The molecule has 3 N–H and O–H groups in total. The summed E-state index contributed by atoms with van der Waals surface area (Å²) >= 11 is 0. The Bertz CT molecular complexity index is 1110. The Labute approximate surface area is 200 Å². The van der Waals surface area contributed by atoms with Crippen molar-refractivity contribution >= 4 is 11.8 Å². The predicted octanol–water partition coefficient (Wildman–Crippen LogP) is 3.28. The Balaban J connectivity index is 1.76. The first kappa shape index (κ1) is 23.4. The van der Waals surface area contributed by atoms with Crippen LogP contribution in [-0.2, 0) is 6.54 Å². The fourth-order valence-electron chi connectivity index (χ4n) is 4.28. The first-order valence-corrected chi connectivity index (χ1v) is 11.7. The Morgan fingerprint density at radius 1 is 1.15 bits per heavy atom. The topological polar surface area (TPSA) is 114 Å². The fourth-order valence-corrected chi connectivity index (χ4v) is 4.28. The highest BCUT2D eigenvalue weighted by molar-refractivity contribution is 5.60. The van der Waals surface area contributed by atoms with E-state index in [2.05, 4.69) is 32.3 Å². The number of hydrogen-bond donors (Lipinski definition) is 2. The van der Waals surface area contributed by atoms with Crippen LogP contribution in [0, 0.1) is 11.3 Å². The number of piperidine rings is 1. The van der Waals surface area contributed by atoms with E-state index < -0.39 is 0 Å². The van der Waals surface area contributed by atoms with Crippen molar-refractivity contribution in [3.63, 3.8) is 0 Å². The van der Waals surface area contributed by atoms with Gasteiger partial charge in [0.1, 0.15) is 34.6 Å². The number of aromatic nitrogens is 3. The van der Waals surface area contributed by atoms with Gasteiger partial charge in [-0.2, -0.15) is 10.2 Å². The minimum absolute atomic E-state index is 0.194. The van der Waals surface area contributed by atoms with Crippen LogP contribution in [0.2, 0.25) is 0 Å². The second-order valence-electron chi connectivity index (χ2n) is 8.09. The Hall–Kier alpha value is -3.77. The van der Waals surface area contributed by atoms with Gasteiger partial charge >= 0.3 is 0 Å². The standard InChI is InChI=1S/C25H31N7O2/c1-3-33-21-13-18(14-22(34-4-2)23(21)31-11-5-6-12-31)17-32(20-7-9-28-10-8-20)25-29-16-19(15-26)24(27)30-25/h5-6,11-14,16,20,28H,3-4,7-10,17H2,1-2H3,(H2,27,29,30). The molecule has 1 aliphatic heterocycles. The highest BCUT2D eigenvalue weighted by Gasteiger charge is 2.25. The first-order chi connectivity index (χ1) is 16.6. The van der Waals surface area contributed by atoms with E-state index in [-0.39, 0.29) is 17.4 Å². The number of nitrogens with two attached hydrogens (primary N) is 1. The van der Waals surface area contributed by atoms with Gasteiger partial charge in [0.25, 0.3) is 0 Å². The lowest BCUT2D eigenvalue weighted by Crippen LogP contribution is -2.43. The lowest BCUT2D eigenvalue weighted by Gasteiger charge is -2.35. The van der Waals surface area contributed by atoms with E-state index in [4.69, 9.17) is 15.2 Å². The molecule has 34 heavy (non-hydrogen) atoms. The number of nitrogens with zero attached hydrogens (tertiary/aromatic N) is 5. The number of benzene rings is 1. The summed E-state index contributed by atoms with van der Waals surface area (Å²) in [5.41, 5.74) is 8.22. The summed E-state index contributed by atoms with van der Waals surface area (Å²) in [4.78, 5) is 11.1. The predicted molar refractivity (Wildman–Crippen MR) is 131 cm³/mol. The van der Waals surface area contributed by atoms with Crippen molar-refractivity contribution in [3.8, 4) is 23.3 Å². The molecule has 1 aromatic carbocycles. The van der Waals surface area contributed by atoms with E-state index in [0.717, 1.165) is 48.7 Å². The van der Waals surface area contributed by atoms with Crippen LogP contribution in [0.5, 0.6) is 11.5 Å². The highest BCUT2D eigenvalue weighted by Crippen LogP contribution is 2.36. The minimum Gasteiger partial charge on any atom is -0.492 e. The zero-order valence-electron chi connectivity index (χ0n) is 19.7. The summed E-state index contributed by atoms with van der Waals surface area (Å²) in [5, 5.41) is 12.6. The quantitative estimate of drug-likeness (QED) is 0.499. The van der Waals surface area contributed by atoms with Crippen molar-refractivity contribution in [1.29, 1.82) is 5.26 Å². The van der Waals surface area contributed by atoms with Gasteiger partial charge in [0.05, 0.1) is 19.4 Å². The molecule has 9 nitrogen and oxygen atoms in total. The number of anilines is 2. The van der Waals surface area contributed by atoms with E-state index >= 15 is 0 Å². The summed E-state index contributed by atoms with van der Waals surface area (Å²) in [7, 11) is 0. The molecule has 2 aromatic heterocycles. The summed E-state index contributed by atoms with van der Waals surface area (Å²) in [6.07, 6.45) is 7.38. The zero-order chi connectivity index (χ0) is 23.9. The smallest absolute Gasteiger partial charge is 0.227 e. The van der Waals surface area contributed by atoms with E-state index in [1.807, 2.05) is 49.0 Å². The Morgan fingerprint density at radius 3 is 2.35 bits per heavy atom. The molecule has 4 rings (SSSR count). The third-order valence-electron chi connectivity index (χ3n) is 5.85. The third kappa shape index (κ3) is 5.07. The van der Waals surface area contributed by atoms with Gasteiger partial charge < -0.3 is 30.0 Å². The Morgan fingerprint density at radius 2 is 1.79 bits per heavy atom. The second kappa shape index (κ2) is 10.9. The summed E-state index contributed by atoms with van der Waals surface area (Å²) in [5.74, 6) is 2.23. The van der Waals surface area contributed by atoms with Crippen molar-refractivity contribution in [3.05, 3.63) is 54.0 Å². The fraction of sp³-hybridized carbons (Fsp3) is 0.400. The van der Waals surface area contributed by atoms with Crippen molar-refractivity contribution in [2.75, 3.05) is 36.9 Å². The van der Waals surface area contributed by atoms with Gasteiger partial charge in [-0.05, 0) is 69.6 Å². The van der Waals surface area contributed by atoms with Crippen molar-refractivity contribution in [2.45, 2.75) is 39.3 Å². The van der Waals surface area contributed by atoms with Gasteiger partial charge in [-0.25, -0.2) is 4.98 Å². The highest BCUT2D eigenvalue weighted by atomic mass is 16.5. The summed E-state index contributed by atoms with van der Waals surface area (Å²) in [6, 6.07) is 10.3. The number of rotatable bonds is 9. The summed E-state index contributed by atoms with van der Waals surface area (Å²) in [6.45, 7) is 7.43. The van der Waals surface area contributed by atoms with Crippen LogP contribution in [0.1, 0.15) is 37.8 Å². The molecular weight excluding hydrogens is 430 g/mol. The van der Waals surface area contributed by atoms with E-state index in [1.54, 1.807) is 0 Å². The third-order valence-corrected chi connectivity index (χ3v) is 5.85. The van der Waals surface area contributed by atoms with Gasteiger partial charge in [0, 0.05) is 25.0 Å². The maximum Gasteiger partial charge on any atom is 0.227 e. The van der Waals surface area contributed by atoms with E-state index in [9.17, 15) is 5.26 Å². The molecule has 3 aromatic rings. The molecule has 0 spiro atoms. The lowest BCUT2D eigenvalue weighted by atomic mass is 10.0. The molecule has 0 atom stereocenters. The minimum atomic E-state index is 0.194. The van der Waals surface area contributed by atoms with E-state index in [0.29, 0.717) is 25.7 Å². The van der Waals surface area contributed by atoms with Crippen LogP contribution in [0.3, 0.4) is 0 Å². The second-order valence-corrected chi connectivity index (χ2v) is 8.09. The number of nitrogens with one attached hydrogen (secondary N) is 1. The van der Waals surface area contributed by atoms with Gasteiger partial charge in [0.15, 0.2) is 0 Å². The summed E-state index contributed by atoms with van der Waals surface area (Å²) < 4.78 is 14.1. The van der Waals surface area contributed by atoms with E-state index in [1.165, 1.54) is 6.20 Å². The number of nitriles is 1. The van der Waals surface area contributed by atoms with Crippen LogP contribution in [-0.4, -0.2) is 46.9 Å². The Kier molecular flexibility index (Phi) is 7.50. The average Bonchev–Trinajstić information content (AvgIpc) is 3.38. The first-order valence-electron chi connectivity index (χ1n) is 11.7. The molecule has 0 unspecified atom stereocenters. The number of nitrogen functional groups attached to an aromatic ring is 1. The molecule has 0 radical (unpaired) electrons. The van der Waals surface area contributed by atoms with Crippen LogP contribution < -0.4 is 25.4 Å². The normalized spacial score (nSPS) is 13.9. The van der Waals surface area contributed by atoms with Crippen LogP contribution >= 0.6 is 0 Å². The average molecular weight is 462 g/mol. The molecule has 3 heterocycles. The molecular formula is C25H31N7O2. The van der Waals surface area contributed by atoms with Gasteiger partial charge in [-0.1, -0.05) is 0 Å². The molecule has 0 saturated carbocycles. The van der Waals surface area contributed by atoms with Gasteiger partial charge in [-0.15, -0.1) is 0 Å². The molecule has 1 fully saturated rings. The van der Waals surface area contributed by atoms with Crippen molar-refractivity contribution in [1.82, 2.24) is 19.9 Å². The molecule has 0 amide bonds. The zero-order valence-corrected chi connectivity index (χ0v) is 19.7. The molecule has 1 aliphatic rings. The van der Waals surface area contributed by atoms with Gasteiger partial charge in [-0.3, -0.25) is 0 Å². The van der Waals surface area contributed by atoms with Crippen LogP contribution in [0.15, 0.2) is 42.9 Å². The monoisotopic (exact) mass is 461 g/mol. The maximum atomic E-state index is 9.24. The van der Waals surface area contributed by atoms with Crippen molar-refractivity contribution < 1.29 is 9.47 Å². The molecule has 1 saturated heterocycles. The maximum absolute atomic E-state index is 9.24. The van der Waals surface area contributed by atoms with Crippen LogP contribution in [0.25, 0.3) is 5.69 Å². The lowest BCUT2D eigenvalue weighted by molar-refractivity contribution is 0.320. The van der Waals surface area contributed by atoms with Crippen molar-refractivity contribution in [2.24, 2.45) is 0 Å². The molecule has 0 aliphatic carbocycles. The van der Waals surface area contributed by atoms with Crippen LogP contribution in [0.4, 0.5) is 11.8 Å².